The molecule has 0 spiro atoms. The molecular formula is C19H19N7. The van der Waals surface area contributed by atoms with Crippen LogP contribution in [0.2, 0.25) is 0 Å². The number of nitrogens with zero attached hydrogens (tertiary/aromatic N) is 5. The van der Waals surface area contributed by atoms with E-state index in [2.05, 4.69) is 30.8 Å². The zero-order valence-electron chi connectivity index (χ0n) is 14.4. The summed E-state index contributed by atoms with van der Waals surface area (Å²) >= 11 is 0. The lowest BCUT2D eigenvalue weighted by Gasteiger charge is -2.24. The van der Waals surface area contributed by atoms with E-state index >= 15 is 0 Å². The number of imidazole rings is 1. The van der Waals surface area contributed by atoms with E-state index in [0.717, 1.165) is 22.3 Å². The maximum Gasteiger partial charge on any atom is 0.212 e. The molecule has 3 aromatic rings. The van der Waals surface area contributed by atoms with Crippen molar-refractivity contribution in [3.05, 3.63) is 54.1 Å². The minimum absolute atomic E-state index is 0.267. The fourth-order valence-electron chi connectivity index (χ4n) is 3.19. The highest BCUT2D eigenvalue weighted by Gasteiger charge is 2.24. The summed E-state index contributed by atoms with van der Waals surface area (Å²) in [5.41, 5.74) is 9.97. The topological polar surface area (TPSA) is 95.3 Å². The van der Waals surface area contributed by atoms with Gasteiger partial charge in [0.15, 0.2) is 12.1 Å². The molecule has 0 radical (unpaired) electrons. The molecule has 1 aromatic heterocycles. The van der Waals surface area contributed by atoms with Gasteiger partial charge in [0.2, 0.25) is 5.95 Å². The summed E-state index contributed by atoms with van der Waals surface area (Å²) in [6.45, 7) is 0.699. The molecule has 130 valence electrons. The maximum atomic E-state index is 8.74. The molecule has 26 heavy (non-hydrogen) atoms. The first-order valence-corrected chi connectivity index (χ1v) is 8.42. The zero-order valence-corrected chi connectivity index (χ0v) is 14.4. The molecule has 0 unspecified atom stereocenters. The predicted molar refractivity (Wildman–Crippen MR) is 103 cm³/mol. The van der Waals surface area contributed by atoms with Gasteiger partial charge < -0.3 is 10.6 Å². The van der Waals surface area contributed by atoms with Crippen molar-refractivity contribution in [3.8, 4) is 6.07 Å². The largest absolute Gasteiger partial charge is 0.374 e. The lowest BCUT2D eigenvalue weighted by molar-refractivity contribution is 0.626. The van der Waals surface area contributed by atoms with Crippen LogP contribution in [0, 0.1) is 11.3 Å². The Morgan fingerprint density at radius 3 is 2.77 bits per heavy atom. The third kappa shape index (κ3) is 2.71. The second kappa shape index (κ2) is 6.41. The van der Waals surface area contributed by atoms with E-state index in [1.165, 1.54) is 0 Å². The van der Waals surface area contributed by atoms with Crippen LogP contribution in [0.15, 0.2) is 53.5 Å². The van der Waals surface area contributed by atoms with Crippen LogP contribution >= 0.6 is 0 Å². The first-order chi connectivity index (χ1) is 12.7. The zero-order chi connectivity index (χ0) is 18.1. The summed E-state index contributed by atoms with van der Waals surface area (Å²) in [6, 6.07) is 18.3. The molecule has 1 aliphatic heterocycles. The summed E-state index contributed by atoms with van der Waals surface area (Å²) in [7, 11) is 1.98. The van der Waals surface area contributed by atoms with Crippen LogP contribution in [0.4, 0.5) is 11.6 Å². The molecule has 4 rings (SSSR count). The van der Waals surface area contributed by atoms with Gasteiger partial charge in [0.1, 0.15) is 0 Å². The van der Waals surface area contributed by atoms with Crippen molar-refractivity contribution in [1.82, 2.24) is 9.55 Å². The maximum absolute atomic E-state index is 8.74. The fraction of sp³-hybridized carbons (Fsp3) is 0.211. The molecule has 0 saturated heterocycles. The Kier molecular flexibility index (Phi) is 3.93. The molecule has 3 N–H and O–H groups in total. The van der Waals surface area contributed by atoms with Crippen molar-refractivity contribution in [1.29, 1.82) is 5.26 Å². The monoisotopic (exact) mass is 345 g/mol. The number of para-hydroxylation sites is 2. The van der Waals surface area contributed by atoms with E-state index in [-0.39, 0.29) is 6.17 Å². The van der Waals surface area contributed by atoms with Crippen LogP contribution in [0.5, 0.6) is 0 Å². The predicted octanol–water partition coefficient (Wildman–Crippen LogP) is 2.67. The summed E-state index contributed by atoms with van der Waals surface area (Å²) in [4.78, 5) is 11.3. The van der Waals surface area contributed by atoms with Crippen molar-refractivity contribution >= 4 is 28.6 Å². The molecule has 2 heterocycles. The van der Waals surface area contributed by atoms with Gasteiger partial charge in [-0.05, 0) is 29.8 Å². The number of fused-ring (bicyclic) bond motifs is 3. The number of aromatic nitrogens is 2. The third-order valence-electron chi connectivity index (χ3n) is 4.53. The van der Waals surface area contributed by atoms with Crippen LogP contribution < -0.4 is 16.0 Å². The van der Waals surface area contributed by atoms with Crippen molar-refractivity contribution in [2.45, 2.75) is 12.6 Å². The Bertz CT molecular complexity index is 1010. The Morgan fingerprint density at radius 1 is 1.23 bits per heavy atom. The molecule has 7 nitrogen and oxygen atoms in total. The molecule has 0 aliphatic carbocycles. The molecule has 2 aromatic carbocycles. The Labute approximate surface area is 151 Å². The molecular weight excluding hydrogens is 326 g/mol. The number of rotatable bonds is 4. The van der Waals surface area contributed by atoms with Gasteiger partial charge in [0.05, 0.1) is 23.5 Å². The fourth-order valence-corrected chi connectivity index (χ4v) is 3.19. The van der Waals surface area contributed by atoms with Gasteiger partial charge in [-0.3, -0.25) is 9.88 Å². The molecule has 0 saturated carbocycles. The quantitative estimate of drug-likeness (QED) is 0.758. The van der Waals surface area contributed by atoms with Gasteiger partial charge in [0.25, 0.3) is 0 Å². The van der Waals surface area contributed by atoms with Gasteiger partial charge in [-0.25, -0.2) is 9.98 Å². The van der Waals surface area contributed by atoms with Crippen LogP contribution in [0.25, 0.3) is 11.0 Å². The van der Waals surface area contributed by atoms with E-state index in [4.69, 9.17) is 11.0 Å². The number of anilines is 2. The SMILES string of the molecule is CN(CCC#N)c1ccc([C@@H]2N=C(N)Nc3nc4ccccc4n32)cc1. The highest BCUT2D eigenvalue weighted by atomic mass is 15.4. The summed E-state index contributed by atoms with van der Waals surface area (Å²) in [5, 5.41) is 11.8. The van der Waals surface area contributed by atoms with Crippen LogP contribution in [-0.4, -0.2) is 29.1 Å². The molecule has 1 aliphatic rings. The van der Waals surface area contributed by atoms with E-state index in [1.54, 1.807) is 0 Å². The molecule has 1 atom stereocenters. The lowest BCUT2D eigenvalue weighted by Crippen LogP contribution is -2.31. The first kappa shape index (κ1) is 16.0. The molecule has 0 bridgehead atoms. The van der Waals surface area contributed by atoms with Crippen LogP contribution in [0.1, 0.15) is 18.2 Å². The van der Waals surface area contributed by atoms with Gasteiger partial charge in [-0.2, -0.15) is 5.26 Å². The number of aliphatic imine (C=N–C) groups is 1. The number of nitriles is 1. The minimum Gasteiger partial charge on any atom is -0.374 e. The second-order valence-electron chi connectivity index (χ2n) is 6.23. The van der Waals surface area contributed by atoms with Gasteiger partial charge >= 0.3 is 0 Å². The van der Waals surface area contributed by atoms with Crippen molar-refractivity contribution in [2.75, 3.05) is 23.8 Å². The normalized spacial score (nSPS) is 15.7. The number of benzene rings is 2. The summed E-state index contributed by atoms with van der Waals surface area (Å²) in [5.74, 6) is 1.05. The van der Waals surface area contributed by atoms with Crippen LogP contribution in [0.3, 0.4) is 0 Å². The Morgan fingerprint density at radius 2 is 2.00 bits per heavy atom. The highest BCUT2D eigenvalue weighted by Crippen LogP contribution is 2.32. The van der Waals surface area contributed by atoms with Crippen molar-refractivity contribution in [2.24, 2.45) is 10.7 Å². The van der Waals surface area contributed by atoms with E-state index in [9.17, 15) is 0 Å². The summed E-state index contributed by atoms with van der Waals surface area (Å²) < 4.78 is 2.06. The van der Waals surface area contributed by atoms with Gasteiger partial charge in [-0.15, -0.1) is 0 Å². The van der Waals surface area contributed by atoms with Crippen molar-refractivity contribution < 1.29 is 0 Å². The summed E-state index contributed by atoms with van der Waals surface area (Å²) in [6.07, 6.45) is 0.231. The average molecular weight is 345 g/mol. The number of hydrogen-bond acceptors (Lipinski definition) is 6. The molecule has 7 heteroatoms. The molecule has 0 amide bonds. The lowest BCUT2D eigenvalue weighted by atomic mass is 10.1. The minimum atomic E-state index is -0.267. The number of nitrogens with two attached hydrogens (primary N) is 1. The van der Waals surface area contributed by atoms with Crippen LogP contribution in [-0.2, 0) is 0 Å². The number of guanidine groups is 1. The van der Waals surface area contributed by atoms with Crippen molar-refractivity contribution in [3.63, 3.8) is 0 Å². The second-order valence-corrected chi connectivity index (χ2v) is 6.23. The van der Waals surface area contributed by atoms with Gasteiger partial charge in [-0.1, -0.05) is 24.3 Å². The van der Waals surface area contributed by atoms with Gasteiger partial charge in [0, 0.05) is 19.3 Å². The van der Waals surface area contributed by atoms with E-state index < -0.39 is 0 Å². The van der Waals surface area contributed by atoms with E-state index in [1.807, 2.05) is 55.6 Å². The Balaban J connectivity index is 1.72. The smallest absolute Gasteiger partial charge is 0.212 e. The van der Waals surface area contributed by atoms with E-state index in [0.29, 0.717) is 24.9 Å². The average Bonchev–Trinajstić information content (AvgIpc) is 3.03. The number of hydrogen-bond donors (Lipinski definition) is 2. The molecule has 0 fully saturated rings. The standard InChI is InChI=1S/C19H19N7/c1-25(12-4-11-20)14-9-7-13(8-10-14)17-23-18(21)24-19-22-15-5-2-3-6-16(15)26(17)19/h2-3,5-10,17H,4,12H2,1H3,(H3,21,22,23,24)/t17-/m1/s1. The highest BCUT2D eigenvalue weighted by molar-refractivity contribution is 5.94. The Hall–Kier alpha value is -3.53. The third-order valence-corrected chi connectivity index (χ3v) is 4.53. The number of nitrogens with one attached hydrogen (secondary N) is 1. The first-order valence-electron chi connectivity index (χ1n) is 8.42.